The van der Waals surface area contributed by atoms with Crippen LogP contribution in [-0.4, -0.2) is 28.6 Å². The van der Waals surface area contributed by atoms with Gasteiger partial charge in [-0.05, 0) is 30.1 Å². The second-order valence-corrected chi connectivity index (χ2v) is 5.07. The predicted octanol–water partition coefficient (Wildman–Crippen LogP) is 2.28. The van der Waals surface area contributed by atoms with E-state index < -0.39 is 5.82 Å². The number of amides is 1. The summed E-state index contributed by atoms with van der Waals surface area (Å²) >= 11 is 1.07. The van der Waals surface area contributed by atoms with Crippen molar-refractivity contribution in [1.82, 2.24) is 9.59 Å². The monoisotopic (exact) mass is 293 g/mol. The molecular formula is C13H12FN3O2S. The summed E-state index contributed by atoms with van der Waals surface area (Å²) in [5.41, 5.74) is 1.13. The molecule has 0 unspecified atom stereocenters. The van der Waals surface area contributed by atoms with Crippen LogP contribution in [-0.2, 0) is 6.42 Å². The molecule has 0 N–H and O–H groups in total. The van der Waals surface area contributed by atoms with Gasteiger partial charge in [0.05, 0.1) is 17.9 Å². The van der Waals surface area contributed by atoms with Crippen LogP contribution in [0.25, 0.3) is 0 Å². The topological polar surface area (TPSA) is 55.3 Å². The molecule has 1 aromatic carbocycles. The Balaban J connectivity index is 2.00. The zero-order chi connectivity index (χ0) is 14.1. The third-order valence-electron chi connectivity index (χ3n) is 3.11. The first-order chi connectivity index (χ1) is 9.70. The number of nitrogens with zero attached hydrogens (tertiary/aromatic N) is 3. The number of hydrogen-bond donors (Lipinski definition) is 0. The van der Waals surface area contributed by atoms with Crippen LogP contribution in [0, 0.1) is 5.82 Å². The maximum Gasteiger partial charge on any atom is 0.272 e. The molecule has 0 bridgehead atoms. The van der Waals surface area contributed by atoms with E-state index in [4.69, 9.17) is 4.74 Å². The molecule has 1 aliphatic heterocycles. The highest BCUT2D eigenvalue weighted by atomic mass is 32.1. The van der Waals surface area contributed by atoms with Crippen molar-refractivity contribution in [2.75, 3.05) is 18.1 Å². The lowest BCUT2D eigenvalue weighted by atomic mass is 10.2. The number of carbonyl (C=O) groups is 1. The Hall–Kier alpha value is -2.02. The first-order valence-corrected chi connectivity index (χ1v) is 7.03. The Kier molecular flexibility index (Phi) is 3.35. The van der Waals surface area contributed by atoms with Crippen molar-refractivity contribution in [3.63, 3.8) is 0 Å². The number of aryl methyl sites for hydroxylation is 1. The highest BCUT2D eigenvalue weighted by molar-refractivity contribution is 7.08. The predicted molar refractivity (Wildman–Crippen MR) is 72.9 cm³/mol. The van der Waals surface area contributed by atoms with Gasteiger partial charge < -0.3 is 9.64 Å². The fourth-order valence-corrected chi connectivity index (χ4v) is 2.83. The number of fused-ring (bicyclic) bond motifs is 1. The van der Waals surface area contributed by atoms with E-state index in [1.165, 1.54) is 23.1 Å². The van der Waals surface area contributed by atoms with Crippen molar-refractivity contribution in [3.05, 3.63) is 34.6 Å². The molecule has 0 fully saturated rings. The molecule has 0 saturated heterocycles. The Morgan fingerprint density at radius 2 is 2.40 bits per heavy atom. The molecule has 20 heavy (non-hydrogen) atoms. The SMILES string of the molecule is CCc1nnsc1C(=O)N1CCOc2ccc(F)cc21. The van der Waals surface area contributed by atoms with Crippen molar-refractivity contribution in [1.29, 1.82) is 0 Å². The van der Waals surface area contributed by atoms with E-state index in [0.717, 1.165) is 11.5 Å². The summed E-state index contributed by atoms with van der Waals surface area (Å²) in [6.45, 7) is 2.69. The van der Waals surface area contributed by atoms with E-state index >= 15 is 0 Å². The number of anilines is 1. The molecule has 1 amide bonds. The third-order valence-corrected chi connectivity index (χ3v) is 3.87. The summed E-state index contributed by atoms with van der Waals surface area (Å²) in [6.07, 6.45) is 0.637. The Morgan fingerprint density at radius 3 is 3.20 bits per heavy atom. The molecule has 7 heteroatoms. The van der Waals surface area contributed by atoms with E-state index in [1.54, 1.807) is 0 Å². The molecule has 5 nitrogen and oxygen atoms in total. The maximum atomic E-state index is 13.4. The number of hydrogen-bond acceptors (Lipinski definition) is 5. The van der Waals surface area contributed by atoms with Gasteiger partial charge in [0.1, 0.15) is 23.1 Å². The minimum Gasteiger partial charge on any atom is -0.490 e. The van der Waals surface area contributed by atoms with E-state index in [9.17, 15) is 9.18 Å². The molecule has 0 saturated carbocycles. The fraction of sp³-hybridized carbons (Fsp3) is 0.308. The Labute approximate surface area is 119 Å². The van der Waals surface area contributed by atoms with Crippen molar-refractivity contribution in [2.24, 2.45) is 0 Å². The van der Waals surface area contributed by atoms with Gasteiger partial charge >= 0.3 is 0 Å². The standard InChI is InChI=1S/C13H12FN3O2S/c1-2-9-12(20-16-15-9)13(18)17-5-6-19-11-4-3-8(14)7-10(11)17/h3-4,7H,2,5-6H2,1H3. The molecule has 0 spiro atoms. The van der Waals surface area contributed by atoms with Crippen LogP contribution in [0.15, 0.2) is 18.2 Å². The van der Waals surface area contributed by atoms with E-state index in [0.29, 0.717) is 41.6 Å². The van der Waals surface area contributed by atoms with E-state index in [2.05, 4.69) is 9.59 Å². The van der Waals surface area contributed by atoms with Crippen molar-refractivity contribution < 1.29 is 13.9 Å². The second kappa shape index (κ2) is 5.16. The molecule has 1 aromatic heterocycles. The quantitative estimate of drug-likeness (QED) is 0.852. The van der Waals surface area contributed by atoms with Crippen molar-refractivity contribution in [2.45, 2.75) is 13.3 Å². The molecular weight excluding hydrogens is 281 g/mol. The highest BCUT2D eigenvalue weighted by Crippen LogP contribution is 2.33. The zero-order valence-electron chi connectivity index (χ0n) is 10.8. The van der Waals surface area contributed by atoms with Crippen LogP contribution in [0.3, 0.4) is 0 Å². The lowest BCUT2D eigenvalue weighted by Gasteiger charge is -2.29. The summed E-state index contributed by atoms with van der Waals surface area (Å²) in [5, 5.41) is 3.94. The number of halogens is 1. The second-order valence-electron chi connectivity index (χ2n) is 4.32. The van der Waals surface area contributed by atoms with Gasteiger partial charge in [-0.1, -0.05) is 11.4 Å². The van der Waals surface area contributed by atoms with Crippen molar-refractivity contribution >= 4 is 23.1 Å². The zero-order valence-corrected chi connectivity index (χ0v) is 11.6. The lowest BCUT2D eigenvalue weighted by Crippen LogP contribution is -2.38. The van der Waals surface area contributed by atoms with Gasteiger partial charge in [0.2, 0.25) is 0 Å². The maximum absolute atomic E-state index is 13.4. The van der Waals surface area contributed by atoms with E-state index in [1.807, 2.05) is 6.92 Å². The van der Waals surface area contributed by atoms with Crippen LogP contribution < -0.4 is 9.64 Å². The number of aromatic nitrogens is 2. The molecule has 0 radical (unpaired) electrons. The third kappa shape index (κ3) is 2.14. The van der Waals surface area contributed by atoms with Gasteiger partial charge in [0.15, 0.2) is 0 Å². The summed E-state index contributed by atoms with van der Waals surface area (Å²) in [7, 11) is 0. The average molecular weight is 293 g/mol. The minimum absolute atomic E-state index is 0.202. The molecule has 2 heterocycles. The van der Waals surface area contributed by atoms with Gasteiger partial charge in [-0.25, -0.2) is 4.39 Å². The average Bonchev–Trinajstić information content (AvgIpc) is 2.94. The highest BCUT2D eigenvalue weighted by Gasteiger charge is 2.28. The summed E-state index contributed by atoms with van der Waals surface area (Å²) in [4.78, 5) is 14.6. The fourth-order valence-electron chi connectivity index (χ4n) is 2.13. The summed E-state index contributed by atoms with van der Waals surface area (Å²) < 4.78 is 22.7. The smallest absolute Gasteiger partial charge is 0.272 e. The largest absolute Gasteiger partial charge is 0.490 e. The number of carbonyl (C=O) groups excluding carboxylic acids is 1. The molecule has 3 rings (SSSR count). The van der Waals surface area contributed by atoms with Crippen molar-refractivity contribution in [3.8, 4) is 5.75 Å². The first kappa shape index (κ1) is 13.0. The van der Waals surface area contributed by atoms with Gasteiger partial charge in [0, 0.05) is 6.07 Å². The Bertz CT molecular complexity index is 659. The van der Waals surface area contributed by atoms with Crippen LogP contribution in [0.5, 0.6) is 5.75 Å². The normalized spacial score (nSPS) is 13.8. The first-order valence-electron chi connectivity index (χ1n) is 6.26. The van der Waals surface area contributed by atoms with Gasteiger partial charge in [-0.2, -0.15) is 0 Å². The van der Waals surface area contributed by atoms with Crippen LogP contribution in [0.4, 0.5) is 10.1 Å². The van der Waals surface area contributed by atoms with Gasteiger partial charge in [0.25, 0.3) is 5.91 Å². The number of rotatable bonds is 2. The summed E-state index contributed by atoms with van der Waals surface area (Å²) in [6, 6.07) is 4.17. The molecule has 2 aromatic rings. The van der Waals surface area contributed by atoms with Gasteiger partial charge in [-0.3, -0.25) is 4.79 Å². The molecule has 0 aliphatic carbocycles. The Morgan fingerprint density at radius 1 is 1.55 bits per heavy atom. The van der Waals surface area contributed by atoms with E-state index in [-0.39, 0.29) is 5.91 Å². The number of ether oxygens (including phenoxy) is 1. The molecule has 104 valence electrons. The minimum atomic E-state index is -0.398. The van der Waals surface area contributed by atoms with Crippen LogP contribution in [0.2, 0.25) is 0 Å². The number of benzene rings is 1. The van der Waals surface area contributed by atoms with Crippen LogP contribution >= 0.6 is 11.5 Å². The molecule has 1 aliphatic rings. The van der Waals surface area contributed by atoms with Gasteiger partial charge in [-0.15, -0.1) is 5.10 Å². The summed E-state index contributed by atoms with van der Waals surface area (Å²) in [5.74, 6) is -0.0845. The molecule has 0 atom stereocenters. The lowest BCUT2D eigenvalue weighted by molar-refractivity contribution is 0.0979. The van der Waals surface area contributed by atoms with Crippen LogP contribution in [0.1, 0.15) is 22.3 Å².